The van der Waals surface area contributed by atoms with Crippen LogP contribution in [0.15, 0.2) is 33.3 Å². The lowest BCUT2D eigenvalue weighted by atomic mass is 10.2. The van der Waals surface area contributed by atoms with Gasteiger partial charge in [0.15, 0.2) is 0 Å². The molecule has 2 rings (SSSR count). The minimum absolute atomic E-state index is 0. The lowest BCUT2D eigenvalue weighted by Gasteiger charge is -2.12. The van der Waals surface area contributed by atoms with E-state index in [-0.39, 0.29) is 24.4 Å². The standard InChI is InChI=1S/C16H20BrN3O3.ClH/c1-10(18-3)8-19-16(21)12-4-5-15(14(17)7-12)22-9-13-6-11(2)23-20-13;/h4-7,10,18H,8-9H2,1-3H3,(H,19,21);1H. The highest BCUT2D eigenvalue weighted by Crippen LogP contribution is 2.26. The number of benzene rings is 1. The molecule has 2 aromatic rings. The zero-order valence-electron chi connectivity index (χ0n) is 13.8. The van der Waals surface area contributed by atoms with Crippen molar-refractivity contribution < 1.29 is 14.1 Å². The van der Waals surface area contributed by atoms with E-state index in [1.54, 1.807) is 18.2 Å². The normalized spacial score (nSPS) is 11.5. The van der Waals surface area contributed by atoms with E-state index in [0.29, 0.717) is 28.9 Å². The quantitative estimate of drug-likeness (QED) is 0.722. The lowest BCUT2D eigenvalue weighted by molar-refractivity contribution is 0.0950. The molecule has 1 amide bonds. The van der Waals surface area contributed by atoms with Gasteiger partial charge in [0.25, 0.3) is 5.91 Å². The van der Waals surface area contributed by atoms with Crippen molar-refractivity contribution in [3.8, 4) is 5.75 Å². The fraction of sp³-hybridized carbons (Fsp3) is 0.375. The van der Waals surface area contributed by atoms with Gasteiger partial charge in [0.2, 0.25) is 0 Å². The van der Waals surface area contributed by atoms with E-state index in [2.05, 4.69) is 31.7 Å². The highest BCUT2D eigenvalue weighted by molar-refractivity contribution is 9.10. The second-order valence-electron chi connectivity index (χ2n) is 5.26. The van der Waals surface area contributed by atoms with Crippen LogP contribution < -0.4 is 15.4 Å². The topological polar surface area (TPSA) is 76.4 Å². The molecule has 0 aliphatic carbocycles. The minimum Gasteiger partial charge on any atom is -0.486 e. The number of nitrogens with one attached hydrogen (secondary N) is 2. The zero-order valence-corrected chi connectivity index (χ0v) is 16.2. The van der Waals surface area contributed by atoms with Crippen LogP contribution in [-0.2, 0) is 6.61 Å². The maximum atomic E-state index is 12.1. The summed E-state index contributed by atoms with van der Waals surface area (Å²) in [5, 5.41) is 9.81. The van der Waals surface area contributed by atoms with E-state index < -0.39 is 0 Å². The molecule has 2 N–H and O–H groups in total. The maximum Gasteiger partial charge on any atom is 0.251 e. The van der Waals surface area contributed by atoms with Gasteiger partial charge in [0.1, 0.15) is 23.8 Å². The zero-order chi connectivity index (χ0) is 16.8. The first-order valence-electron chi connectivity index (χ1n) is 7.29. The first-order valence-corrected chi connectivity index (χ1v) is 8.09. The van der Waals surface area contributed by atoms with E-state index in [9.17, 15) is 4.79 Å². The summed E-state index contributed by atoms with van der Waals surface area (Å²) in [6, 6.07) is 7.26. The molecule has 0 aliphatic heterocycles. The highest BCUT2D eigenvalue weighted by atomic mass is 79.9. The van der Waals surface area contributed by atoms with Crippen LogP contribution in [0.3, 0.4) is 0 Å². The predicted molar refractivity (Wildman–Crippen MR) is 97.8 cm³/mol. The van der Waals surface area contributed by atoms with Crippen LogP contribution in [0.4, 0.5) is 0 Å². The maximum absolute atomic E-state index is 12.1. The molecular formula is C16H21BrClN3O3. The molecular weight excluding hydrogens is 398 g/mol. The number of aromatic nitrogens is 1. The number of carbonyl (C=O) groups excluding carboxylic acids is 1. The van der Waals surface area contributed by atoms with Crippen LogP contribution >= 0.6 is 28.3 Å². The molecule has 0 saturated carbocycles. The summed E-state index contributed by atoms with van der Waals surface area (Å²) in [5.41, 5.74) is 1.29. The molecule has 1 unspecified atom stereocenters. The van der Waals surface area contributed by atoms with Crippen molar-refractivity contribution in [2.24, 2.45) is 0 Å². The Morgan fingerprint density at radius 1 is 1.42 bits per heavy atom. The summed E-state index contributed by atoms with van der Waals surface area (Å²) in [7, 11) is 1.86. The monoisotopic (exact) mass is 417 g/mol. The fourth-order valence-corrected chi connectivity index (χ4v) is 2.34. The number of carbonyl (C=O) groups is 1. The van der Waals surface area contributed by atoms with E-state index in [1.165, 1.54) is 0 Å². The smallest absolute Gasteiger partial charge is 0.251 e. The SMILES string of the molecule is CNC(C)CNC(=O)c1ccc(OCc2cc(C)on2)c(Br)c1.Cl. The van der Waals surface area contributed by atoms with Crippen LogP contribution in [0.1, 0.15) is 28.7 Å². The van der Waals surface area contributed by atoms with Gasteiger partial charge in [-0.1, -0.05) is 5.16 Å². The number of ether oxygens (including phenoxy) is 1. The minimum atomic E-state index is -0.119. The number of aryl methyl sites for hydroxylation is 1. The molecule has 0 radical (unpaired) electrons. The molecule has 24 heavy (non-hydrogen) atoms. The Morgan fingerprint density at radius 3 is 2.75 bits per heavy atom. The summed E-state index contributed by atoms with van der Waals surface area (Å²) in [5.74, 6) is 1.27. The van der Waals surface area contributed by atoms with Crippen molar-refractivity contribution in [2.75, 3.05) is 13.6 Å². The Labute approximate surface area is 155 Å². The van der Waals surface area contributed by atoms with Gasteiger partial charge in [-0.25, -0.2) is 0 Å². The molecule has 132 valence electrons. The van der Waals surface area contributed by atoms with Gasteiger partial charge in [0, 0.05) is 24.2 Å². The van der Waals surface area contributed by atoms with E-state index in [4.69, 9.17) is 9.26 Å². The molecule has 0 bridgehead atoms. The van der Waals surface area contributed by atoms with Gasteiger partial charge in [0.05, 0.1) is 4.47 Å². The average molecular weight is 419 g/mol. The van der Waals surface area contributed by atoms with E-state index >= 15 is 0 Å². The summed E-state index contributed by atoms with van der Waals surface area (Å²) in [4.78, 5) is 12.1. The summed E-state index contributed by atoms with van der Waals surface area (Å²) >= 11 is 3.43. The molecule has 6 nitrogen and oxygen atoms in total. The predicted octanol–water partition coefficient (Wildman–Crippen LogP) is 3.08. The third-order valence-electron chi connectivity index (χ3n) is 3.31. The number of likely N-dealkylation sites (N-methyl/N-ethyl adjacent to an activating group) is 1. The molecule has 0 aliphatic rings. The van der Waals surface area contributed by atoms with Gasteiger partial charge in [-0.05, 0) is 55.0 Å². The Bertz CT molecular complexity index is 678. The Balaban J connectivity index is 0.00000288. The molecule has 0 saturated heterocycles. The molecule has 1 heterocycles. The average Bonchev–Trinajstić information content (AvgIpc) is 2.96. The fourth-order valence-electron chi connectivity index (χ4n) is 1.85. The van der Waals surface area contributed by atoms with Crippen molar-refractivity contribution in [1.82, 2.24) is 15.8 Å². The molecule has 1 aromatic carbocycles. The number of hydrogen-bond acceptors (Lipinski definition) is 5. The van der Waals surface area contributed by atoms with Crippen molar-refractivity contribution in [3.63, 3.8) is 0 Å². The van der Waals surface area contributed by atoms with Gasteiger partial charge >= 0.3 is 0 Å². The summed E-state index contributed by atoms with van der Waals surface area (Å²) in [6.07, 6.45) is 0. The van der Waals surface area contributed by atoms with Crippen LogP contribution in [0.2, 0.25) is 0 Å². The van der Waals surface area contributed by atoms with Gasteiger partial charge in [-0.15, -0.1) is 12.4 Å². The van der Waals surface area contributed by atoms with Crippen molar-refractivity contribution >= 4 is 34.2 Å². The van der Waals surface area contributed by atoms with Crippen molar-refractivity contribution in [1.29, 1.82) is 0 Å². The Hall–Kier alpha value is -1.57. The highest BCUT2D eigenvalue weighted by Gasteiger charge is 2.11. The number of halogens is 2. The molecule has 1 aromatic heterocycles. The van der Waals surface area contributed by atoms with Crippen LogP contribution in [0.5, 0.6) is 5.75 Å². The van der Waals surface area contributed by atoms with Crippen LogP contribution in [-0.4, -0.2) is 30.7 Å². The summed E-state index contributed by atoms with van der Waals surface area (Å²) < 4.78 is 11.4. The van der Waals surface area contributed by atoms with Gasteiger partial charge in [-0.3, -0.25) is 4.79 Å². The lowest BCUT2D eigenvalue weighted by Crippen LogP contribution is -2.37. The Morgan fingerprint density at radius 2 is 2.17 bits per heavy atom. The number of amides is 1. The third kappa shape index (κ3) is 5.81. The van der Waals surface area contributed by atoms with E-state index in [0.717, 1.165) is 11.5 Å². The number of nitrogens with zero attached hydrogens (tertiary/aromatic N) is 1. The number of hydrogen-bond donors (Lipinski definition) is 2. The largest absolute Gasteiger partial charge is 0.486 e. The molecule has 1 atom stereocenters. The Kier molecular flexibility index (Phi) is 8.24. The first-order chi connectivity index (χ1) is 11.0. The molecule has 8 heteroatoms. The number of rotatable bonds is 7. The van der Waals surface area contributed by atoms with Crippen molar-refractivity contribution in [2.45, 2.75) is 26.5 Å². The van der Waals surface area contributed by atoms with E-state index in [1.807, 2.05) is 27.0 Å². The van der Waals surface area contributed by atoms with Gasteiger partial charge < -0.3 is 19.9 Å². The first kappa shape index (κ1) is 20.5. The molecule has 0 spiro atoms. The van der Waals surface area contributed by atoms with Crippen LogP contribution in [0.25, 0.3) is 0 Å². The third-order valence-corrected chi connectivity index (χ3v) is 3.93. The van der Waals surface area contributed by atoms with Crippen molar-refractivity contribution in [3.05, 3.63) is 45.8 Å². The second kappa shape index (κ2) is 9.66. The molecule has 0 fully saturated rings. The second-order valence-corrected chi connectivity index (χ2v) is 6.12. The van der Waals surface area contributed by atoms with Gasteiger partial charge in [-0.2, -0.15) is 0 Å². The summed E-state index contributed by atoms with van der Waals surface area (Å²) in [6.45, 7) is 4.70. The van der Waals surface area contributed by atoms with Crippen LogP contribution in [0, 0.1) is 6.92 Å².